The van der Waals surface area contributed by atoms with Gasteiger partial charge in [0.1, 0.15) is 0 Å². The molecule has 0 aliphatic heterocycles. The molecule has 6 nitrogen and oxygen atoms in total. The zero-order valence-corrected chi connectivity index (χ0v) is 17.9. The highest BCUT2D eigenvalue weighted by Gasteiger charge is 2.28. The average molecular weight is 419 g/mol. The lowest BCUT2D eigenvalue weighted by Gasteiger charge is -2.21. The molecule has 0 aromatic heterocycles. The summed E-state index contributed by atoms with van der Waals surface area (Å²) in [5.74, 6) is 1.92. The van der Waals surface area contributed by atoms with Crippen LogP contribution in [0.5, 0.6) is 11.5 Å². The first kappa shape index (κ1) is 24.9. The number of alkyl halides is 3. The number of guanidine groups is 1. The van der Waals surface area contributed by atoms with Crippen LogP contribution in [0.25, 0.3) is 0 Å². The Morgan fingerprint density at radius 2 is 1.79 bits per heavy atom. The Hall–Kier alpha value is -2.16. The topological polar surface area (TPSA) is 58.1 Å². The van der Waals surface area contributed by atoms with E-state index in [4.69, 9.17) is 9.47 Å². The fourth-order valence-corrected chi connectivity index (χ4v) is 2.66. The monoisotopic (exact) mass is 418 g/mol. The van der Waals surface area contributed by atoms with E-state index in [-0.39, 0.29) is 19.1 Å². The molecular weight excluding hydrogens is 385 g/mol. The van der Waals surface area contributed by atoms with Gasteiger partial charge in [-0.05, 0) is 52.4 Å². The number of aliphatic imine (C=N–C) groups is 1. The Balaban J connectivity index is 2.78. The molecule has 0 spiro atoms. The first-order valence-electron chi connectivity index (χ1n) is 9.89. The third kappa shape index (κ3) is 9.74. The van der Waals surface area contributed by atoms with Gasteiger partial charge in [0.2, 0.25) is 0 Å². The van der Waals surface area contributed by atoms with Crippen molar-refractivity contribution in [2.75, 3.05) is 46.4 Å². The van der Waals surface area contributed by atoms with Crippen molar-refractivity contribution in [2.24, 2.45) is 4.99 Å². The highest BCUT2D eigenvalue weighted by atomic mass is 19.4. The quantitative estimate of drug-likeness (QED) is 0.425. The van der Waals surface area contributed by atoms with Crippen LogP contribution in [-0.4, -0.2) is 63.5 Å². The number of nitrogens with one attached hydrogen (secondary N) is 2. The highest BCUT2D eigenvalue weighted by molar-refractivity contribution is 5.80. The molecule has 0 heterocycles. The number of ether oxygens (including phenoxy) is 2. The fourth-order valence-electron chi connectivity index (χ4n) is 2.66. The molecule has 29 heavy (non-hydrogen) atoms. The number of hydrogen-bond donors (Lipinski definition) is 2. The number of benzene rings is 1. The molecule has 0 aliphatic carbocycles. The summed E-state index contributed by atoms with van der Waals surface area (Å²) in [7, 11) is 1.43. The Morgan fingerprint density at radius 3 is 2.38 bits per heavy atom. The zero-order chi connectivity index (χ0) is 21.9. The van der Waals surface area contributed by atoms with Gasteiger partial charge < -0.3 is 20.1 Å². The Labute approximate surface area is 171 Å². The molecule has 1 rings (SSSR count). The predicted octanol–water partition coefficient (Wildman–Crippen LogP) is 3.59. The lowest BCUT2D eigenvalue weighted by molar-refractivity contribution is -0.142. The minimum Gasteiger partial charge on any atom is -0.490 e. The van der Waals surface area contributed by atoms with Gasteiger partial charge in [0.05, 0.1) is 32.3 Å². The van der Waals surface area contributed by atoms with E-state index < -0.39 is 12.7 Å². The van der Waals surface area contributed by atoms with Crippen LogP contribution in [-0.2, 0) is 0 Å². The Bertz CT molecular complexity index is 639. The van der Waals surface area contributed by atoms with Crippen molar-refractivity contribution in [2.45, 2.75) is 39.9 Å². The molecule has 1 aromatic carbocycles. The molecule has 166 valence electrons. The van der Waals surface area contributed by atoms with Gasteiger partial charge in [-0.2, -0.15) is 13.2 Å². The van der Waals surface area contributed by atoms with Crippen LogP contribution in [0.15, 0.2) is 23.2 Å². The summed E-state index contributed by atoms with van der Waals surface area (Å²) in [5, 5.41) is 6.40. The van der Waals surface area contributed by atoms with E-state index in [1.807, 2.05) is 45.9 Å². The minimum atomic E-state index is -4.21. The number of hydrogen-bond acceptors (Lipinski definition) is 4. The molecule has 0 aliphatic rings. The van der Waals surface area contributed by atoms with E-state index in [1.165, 1.54) is 11.9 Å². The summed E-state index contributed by atoms with van der Waals surface area (Å²) in [5.41, 5.74) is 0.983. The van der Waals surface area contributed by atoms with E-state index >= 15 is 0 Å². The van der Waals surface area contributed by atoms with Gasteiger partial charge in [0.15, 0.2) is 17.5 Å². The molecule has 0 saturated carbocycles. The fraction of sp³-hybridized carbons (Fsp3) is 0.650. The lowest BCUT2D eigenvalue weighted by Crippen LogP contribution is -2.39. The van der Waals surface area contributed by atoms with E-state index in [1.54, 1.807) is 0 Å². The van der Waals surface area contributed by atoms with Crippen LogP contribution in [0, 0.1) is 0 Å². The number of halogens is 3. The third-order valence-corrected chi connectivity index (χ3v) is 3.97. The molecule has 1 unspecified atom stereocenters. The normalized spacial score (nSPS) is 13.3. The summed E-state index contributed by atoms with van der Waals surface area (Å²) in [6.07, 6.45) is -4.21. The third-order valence-electron chi connectivity index (χ3n) is 3.97. The standard InChI is InChI=1S/C20H33F3N4O2/c1-6-24-19(25-11-12-27(5)14-20(21,22)23)26-15(4)16-9-10-17(28-7-2)18(13-16)29-8-3/h9-10,13,15H,6-8,11-12,14H2,1-5H3,(H2,24,25,26). The number of nitrogens with zero attached hydrogens (tertiary/aromatic N) is 2. The molecule has 0 fully saturated rings. The van der Waals surface area contributed by atoms with Crippen molar-refractivity contribution in [3.63, 3.8) is 0 Å². The van der Waals surface area contributed by atoms with E-state index in [0.29, 0.717) is 37.2 Å². The van der Waals surface area contributed by atoms with Crippen LogP contribution in [0.4, 0.5) is 13.2 Å². The van der Waals surface area contributed by atoms with Gasteiger partial charge in [0, 0.05) is 13.1 Å². The maximum atomic E-state index is 12.4. The van der Waals surface area contributed by atoms with Crippen LogP contribution >= 0.6 is 0 Å². The largest absolute Gasteiger partial charge is 0.490 e. The molecule has 2 N–H and O–H groups in total. The van der Waals surface area contributed by atoms with Crippen molar-refractivity contribution in [1.82, 2.24) is 15.5 Å². The SMILES string of the molecule is CCNC(=NCCN(C)CC(F)(F)F)NC(C)c1ccc(OCC)c(OCC)c1. The summed E-state index contributed by atoms with van der Waals surface area (Å²) in [6, 6.07) is 5.66. The smallest absolute Gasteiger partial charge is 0.401 e. The molecule has 9 heteroatoms. The lowest BCUT2D eigenvalue weighted by atomic mass is 10.1. The van der Waals surface area contributed by atoms with Crippen molar-refractivity contribution in [3.05, 3.63) is 23.8 Å². The van der Waals surface area contributed by atoms with Gasteiger partial charge in [-0.25, -0.2) is 0 Å². The highest BCUT2D eigenvalue weighted by Crippen LogP contribution is 2.30. The van der Waals surface area contributed by atoms with E-state index in [0.717, 1.165) is 5.56 Å². The van der Waals surface area contributed by atoms with E-state index in [2.05, 4.69) is 15.6 Å². The minimum absolute atomic E-state index is 0.0874. The second-order valence-electron chi connectivity index (χ2n) is 6.55. The van der Waals surface area contributed by atoms with Crippen LogP contribution < -0.4 is 20.1 Å². The summed E-state index contributed by atoms with van der Waals surface area (Å²) in [4.78, 5) is 5.59. The zero-order valence-electron chi connectivity index (χ0n) is 17.9. The van der Waals surface area contributed by atoms with Crippen LogP contribution in [0.1, 0.15) is 39.3 Å². The molecule has 1 atom stereocenters. The molecule has 0 amide bonds. The van der Waals surface area contributed by atoms with Crippen molar-refractivity contribution in [1.29, 1.82) is 0 Å². The average Bonchev–Trinajstić information content (AvgIpc) is 2.62. The summed E-state index contributed by atoms with van der Waals surface area (Å²) >= 11 is 0. The maximum absolute atomic E-state index is 12.4. The first-order valence-corrected chi connectivity index (χ1v) is 9.89. The van der Waals surface area contributed by atoms with Gasteiger partial charge in [0.25, 0.3) is 0 Å². The molecule has 0 radical (unpaired) electrons. The van der Waals surface area contributed by atoms with E-state index in [9.17, 15) is 13.2 Å². The maximum Gasteiger partial charge on any atom is 0.401 e. The van der Waals surface area contributed by atoms with Crippen LogP contribution in [0.3, 0.4) is 0 Å². The predicted molar refractivity (Wildman–Crippen MR) is 110 cm³/mol. The van der Waals surface area contributed by atoms with Gasteiger partial charge >= 0.3 is 6.18 Å². The van der Waals surface area contributed by atoms with Crippen molar-refractivity contribution < 1.29 is 22.6 Å². The molecule has 1 aromatic rings. The second kappa shape index (κ2) is 12.4. The van der Waals surface area contributed by atoms with Gasteiger partial charge in [-0.15, -0.1) is 0 Å². The van der Waals surface area contributed by atoms with Crippen molar-refractivity contribution in [3.8, 4) is 11.5 Å². The van der Waals surface area contributed by atoms with Gasteiger partial charge in [-0.3, -0.25) is 9.89 Å². The number of likely N-dealkylation sites (N-methyl/N-ethyl adjacent to an activating group) is 1. The molecule has 0 bridgehead atoms. The summed E-state index contributed by atoms with van der Waals surface area (Å²) < 4.78 is 48.5. The Kier molecular flexibility index (Phi) is 10.6. The Morgan fingerprint density at radius 1 is 1.14 bits per heavy atom. The number of rotatable bonds is 11. The first-order chi connectivity index (χ1) is 13.7. The van der Waals surface area contributed by atoms with Crippen molar-refractivity contribution >= 4 is 5.96 Å². The molecule has 0 saturated heterocycles. The molecular formula is C20H33F3N4O2. The van der Waals surface area contributed by atoms with Gasteiger partial charge in [-0.1, -0.05) is 6.07 Å². The second-order valence-corrected chi connectivity index (χ2v) is 6.55. The van der Waals surface area contributed by atoms with Crippen LogP contribution in [0.2, 0.25) is 0 Å². The summed E-state index contributed by atoms with van der Waals surface area (Å²) in [6.45, 7) is 8.97.